The average molecular weight is 418 g/mol. The summed E-state index contributed by atoms with van der Waals surface area (Å²) < 4.78 is 35.7. The number of aryl methyl sites for hydroxylation is 2. The van der Waals surface area contributed by atoms with Crippen LogP contribution >= 0.6 is 23.2 Å². The Labute approximate surface area is 164 Å². The Bertz CT molecular complexity index is 934. The largest absolute Gasteiger partial charge is 0.473 e. The van der Waals surface area contributed by atoms with Crippen LogP contribution in [0, 0.1) is 18.8 Å². The fourth-order valence-electron chi connectivity index (χ4n) is 2.21. The third-order valence-corrected chi connectivity index (χ3v) is 4.03. The molecule has 0 unspecified atom stereocenters. The minimum atomic E-state index is -3.02. The molecule has 0 saturated heterocycles. The number of benzene rings is 1. The maximum absolute atomic E-state index is 12.6. The van der Waals surface area contributed by atoms with Crippen molar-refractivity contribution in [2.75, 3.05) is 14.2 Å². The molecule has 144 valence electrons. The molecule has 0 aliphatic heterocycles. The van der Waals surface area contributed by atoms with Gasteiger partial charge in [0, 0.05) is 24.1 Å². The Morgan fingerprint density at radius 3 is 2.59 bits per heavy atom. The van der Waals surface area contributed by atoms with E-state index in [-0.39, 0.29) is 22.5 Å². The highest BCUT2D eigenvalue weighted by Crippen LogP contribution is 2.38. The zero-order valence-electron chi connectivity index (χ0n) is 14.8. The van der Waals surface area contributed by atoms with Crippen LogP contribution in [0.4, 0.5) is 8.78 Å². The van der Waals surface area contributed by atoms with E-state index in [1.54, 1.807) is 19.1 Å². The first-order valence-electron chi connectivity index (χ1n) is 7.43. The van der Waals surface area contributed by atoms with E-state index in [0.717, 1.165) is 10.2 Å². The van der Waals surface area contributed by atoms with Crippen LogP contribution in [0.5, 0.6) is 5.88 Å². The third-order valence-electron chi connectivity index (χ3n) is 3.38. The van der Waals surface area contributed by atoms with Gasteiger partial charge in [-0.05, 0) is 29.8 Å². The smallest absolute Gasteiger partial charge is 0.388 e. The van der Waals surface area contributed by atoms with Crippen molar-refractivity contribution in [3.63, 3.8) is 0 Å². The lowest BCUT2D eigenvalue weighted by molar-refractivity contribution is -0.0552. The van der Waals surface area contributed by atoms with Gasteiger partial charge >= 0.3 is 12.5 Å². The average Bonchev–Trinajstić information content (AvgIpc) is 2.87. The first kappa shape index (κ1) is 20.8. The van der Waals surface area contributed by atoms with Gasteiger partial charge in [-0.15, -0.1) is 0 Å². The van der Waals surface area contributed by atoms with Crippen molar-refractivity contribution < 1.29 is 23.1 Å². The summed E-state index contributed by atoms with van der Waals surface area (Å²) in [5.41, 5.74) is 2.00. The fourth-order valence-corrected chi connectivity index (χ4v) is 2.78. The number of nitrogens with zero attached hydrogens (tertiary/aromatic N) is 3. The highest BCUT2D eigenvalue weighted by Gasteiger charge is 2.22. The minimum Gasteiger partial charge on any atom is -0.473 e. The van der Waals surface area contributed by atoms with Crippen LogP contribution in [0.15, 0.2) is 17.3 Å². The van der Waals surface area contributed by atoms with E-state index in [0.29, 0.717) is 16.1 Å². The van der Waals surface area contributed by atoms with Crippen LogP contribution in [0.1, 0.15) is 11.1 Å². The number of methoxy groups -OCH3 is 1. The number of aromatic nitrogens is 2. The van der Waals surface area contributed by atoms with Gasteiger partial charge in [-0.1, -0.05) is 29.1 Å². The summed E-state index contributed by atoms with van der Waals surface area (Å²) in [4.78, 5) is 4.61. The monoisotopic (exact) mass is 417 g/mol. The Hall–Kier alpha value is -2.50. The van der Waals surface area contributed by atoms with E-state index in [1.165, 1.54) is 21.3 Å². The number of halogens is 4. The molecule has 0 aliphatic rings. The molecule has 27 heavy (non-hydrogen) atoms. The number of rotatable bonds is 4. The molecule has 0 spiro atoms. The molecule has 1 aromatic heterocycles. The van der Waals surface area contributed by atoms with E-state index in [4.69, 9.17) is 27.9 Å². The van der Waals surface area contributed by atoms with Crippen molar-refractivity contribution in [1.82, 2.24) is 9.78 Å². The predicted molar refractivity (Wildman–Crippen MR) is 98.4 cm³/mol. The topological polar surface area (TPSA) is 57.9 Å². The van der Waals surface area contributed by atoms with E-state index in [2.05, 4.69) is 31.7 Å². The van der Waals surface area contributed by atoms with Crippen LogP contribution in [-0.4, -0.2) is 36.5 Å². The number of oxime groups is 1. The second-order valence-corrected chi connectivity index (χ2v) is 5.94. The summed E-state index contributed by atoms with van der Waals surface area (Å²) in [5, 5.41) is 8.11. The van der Waals surface area contributed by atoms with Crippen LogP contribution < -0.4 is 4.74 Å². The van der Waals surface area contributed by atoms with Crippen LogP contribution in [0.25, 0.3) is 11.3 Å². The van der Waals surface area contributed by atoms with Gasteiger partial charge in [-0.2, -0.15) is 13.9 Å². The normalized spacial score (nSPS) is 11.2. The third kappa shape index (κ3) is 4.81. The molecule has 0 atom stereocenters. The molecule has 0 fully saturated rings. The van der Waals surface area contributed by atoms with Gasteiger partial charge in [0.25, 0.3) is 0 Å². The van der Waals surface area contributed by atoms with Crippen LogP contribution in [0.3, 0.4) is 0 Å². The van der Waals surface area contributed by atoms with Gasteiger partial charge in [0.15, 0.2) is 0 Å². The molecule has 0 aliphatic carbocycles. The minimum absolute atomic E-state index is 0.0411. The Kier molecular flexibility index (Phi) is 6.88. The molecule has 6 nitrogen and oxygen atoms in total. The number of hydrogen-bond donors (Lipinski definition) is 0. The fraction of sp³-hybridized carbons (Fsp3) is 0.294. The van der Waals surface area contributed by atoms with Crippen molar-refractivity contribution in [2.24, 2.45) is 12.2 Å². The van der Waals surface area contributed by atoms with Crippen molar-refractivity contribution in [2.45, 2.75) is 13.5 Å². The van der Waals surface area contributed by atoms with Crippen molar-refractivity contribution >= 4 is 29.1 Å². The van der Waals surface area contributed by atoms with Gasteiger partial charge < -0.3 is 14.3 Å². The molecule has 2 rings (SSSR count). The molecule has 2 aromatic rings. The van der Waals surface area contributed by atoms with E-state index in [1.807, 2.05) is 0 Å². The van der Waals surface area contributed by atoms with Crippen LogP contribution in [0.2, 0.25) is 10.0 Å². The van der Waals surface area contributed by atoms with E-state index >= 15 is 0 Å². The van der Waals surface area contributed by atoms with E-state index in [9.17, 15) is 8.78 Å². The lowest BCUT2D eigenvalue weighted by atomic mass is 10.0. The molecular formula is C17H15Cl2F2N3O3. The number of alkyl halides is 2. The predicted octanol–water partition coefficient (Wildman–Crippen LogP) is 4.26. The van der Waals surface area contributed by atoms with Crippen molar-refractivity contribution in [1.29, 1.82) is 0 Å². The van der Waals surface area contributed by atoms with E-state index < -0.39 is 6.61 Å². The second kappa shape index (κ2) is 8.93. The first-order chi connectivity index (χ1) is 12.8. The molecule has 10 heteroatoms. The summed E-state index contributed by atoms with van der Waals surface area (Å²) >= 11 is 12.4. The Morgan fingerprint density at radius 2 is 2.00 bits per heavy atom. The molecule has 0 amide bonds. The molecule has 0 bridgehead atoms. The standard InChI is InChI=1S/C17H15Cl2F2N3O3/c1-9-7-12(18)10(5-6-13(25-3)23-26-4)8-11(9)15-14(19)16(24(2)22-15)27-17(20)21/h7-8,17H,1-4H3/b23-13+. The molecule has 0 N–H and O–H groups in total. The van der Waals surface area contributed by atoms with Gasteiger partial charge in [-0.25, -0.2) is 4.68 Å². The second-order valence-electron chi connectivity index (χ2n) is 5.15. The zero-order valence-corrected chi connectivity index (χ0v) is 16.3. The summed E-state index contributed by atoms with van der Waals surface area (Å²) in [7, 11) is 4.21. The molecule has 1 heterocycles. The maximum atomic E-state index is 12.6. The number of hydrogen-bond acceptors (Lipinski definition) is 5. The zero-order chi connectivity index (χ0) is 20.1. The van der Waals surface area contributed by atoms with Gasteiger partial charge in [0.1, 0.15) is 17.8 Å². The van der Waals surface area contributed by atoms with Crippen molar-refractivity contribution in [3.05, 3.63) is 33.3 Å². The summed E-state index contributed by atoms with van der Waals surface area (Å²) in [6.07, 6.45) is 0. The molecule has 0 radical (unpaired) electrons. The molecule has 1 aromatic carbocycles. The highest BCUT2D eigenvalue weighted by molar-refractivity contribution is 6.34. The molecular weight excluding hydrogens is 403 g/mol. The number of ether oxygens (including phenoxy) is 2. The van der Waals surface area contributed by atoms with Gasteiger partial charge in [0.2, 0.25) is 5.88 Å². The quantitative estimate of drug-likeness (QED) is 0.322. The Morgan fingerprint density at radius 1 is 1.30 bits per heavy atom. The molecule has 0 saturated carbocycles. The lowest BCUT2D eigenvalue weighted by Crippen LogP contribution is -2.06. The summed E-state index contributed by atoms with van der Waals surface area (Å²) in [5.74, 6) is 5.30. The Balaban J connectivity index is 2.54. The van der Waals surface area contributed by atoms with Crippen molar-refractivity contribution in [3.8, 4) is 29.0 Å². The summed E-state index contributed by atoms with van der Waals surface area (Å²) in [6.45, 7) is -1.24. The van der Waals surface area contributed by atoms with Crippen LogP contribution in [-0.2, 0) is 16.6 Å². The lowest BCUT2D eigenvalue weighted by Gasteiger charge is -2.07. The van der Waals surface area contributed by atoms with Gasteiger partial charge in [-0.3, -0.25) is 0 Å². The first-order valence-corrected chi connectivity index (χ1v) is 8.19. The highest BCUT2D eigenvalue weighted by atomic mass is 35.5. The maximum Gasteiger partial charge on any atom is 0.388 e. The SMILES string of the molecule is CO/N=C(\C#Cc1cc(-c2nn(C)c(OC(F)F)c2Cl)c(C)cc1Cl)OC. The van der Waals surface area contributed by atoms with Gasteiger partial charge in [0.05, 0.1) is 12.1 Å². The summed E-state index contributed by atoms with van der Waals surface area (Å²) in [6, 6.07) is 3.31.